The van der Waals surface area contributed by atoms with Crippen molar-refractivity contribution in [2.45, 2.75) is 112 Å². The molecule has 418 valence electrons. The number of aromatic nitrogens is 5. The van der Waals surface area contributed by atoms with E-state index in [0.717, 1.165) is 0 Å². The average Bonchev–Trinajstić information content (AvgIpc) is 4.04. The third kappa shape index (κ3) is 22.4. The Hall–Kier alpha value is -7.32. The SMILES string of the molecule is [B]C(=O)NCCOCCOCCNC(=O)[C@H](CCCCn1cc(CCCC(O)Nc2nnc(S(N)(=O)=O)s2)nn1)NC(=O)C[C@H](NC(=O)C[C@H](NC(=O)CCC(C)(c1ccc(O)cc1)c1ccc(O)cc1)C(=O)O)C(=O)O. The number of amides is 5. The van der Waals surface area contributed by atoms with Crippen LogP contribution in [-0.4, -0.2) is 172 Å². The fraction of sp³-hybridized carbons (Fsp3) is 0.500. The number of benzene rings is 2. The van der Waals surface area contributed by atoms with Crippen LogP contribution in [0.1, 0.15) is 81.5 Å². The van der Waals surface area contributed by atoms with Crippen LogP contribution in [0.5, 0.6) is 11.5 Å². The molecule has 0 saturated carbocycles. The highest BCUT2D eigenvalue weighted by molar-refractivity contribution is 7.91. The number of aliphatic hydroxyl groups excluding tert-OH is 1. The number of aromatic hydroxyl groups is 2. The number of carboxylic acids is 2. The molecule has 28 nitrogen and oxygen atoms in total. The Kier molecular flexibility index (Phi) is 25.1. The number of aliphatic hydroxyl groups is 1. The predicted molar refractivity (Wildman–Crippen MR) is 274 cm³/mol. The highest BCUT2D eigenvalue weighted by atomic mass is 32.2. The van der Waals surface area contributed by atoms with Crippen molar-refractivity contribution in [2.24, 2.45) is 5.14 Å². The van der Waals surface area contributed by atoms with E-state index >= 15 is 0 Å². The largest absolute Gasteiger partial charge is 0.508 e. The van der Waals surface area contributed by atoms with Crippen LogP contribution < -0.4 is 37.0 Å². The molecule has 0 spiro atoms. The first kappa shape index (κ1) is 62.2. The number of ether oxygens (including phenoxy) is 2. The number of phenolic OH excluding ortho intramolecular Hbond substituents is 2. The first-order valence-electron chi connectivity index (χ1n) is 24.1. The second kappa shape index (κ2) is 31.0. The monoisotopic (exact) mass is 1110 g/mol. The van der Waals surface area contributed by atoms with E-state index < -0.39 is 98.3 Å². The van der Waals surface area contributed by atoms with Gasteiger partial charge in [0.25, 0.3) is 10.0 Å². The summed E-state index contributed by atoms with van der Waals surface area (Å²) in [4.78, 5) is 88.5. The van der Waals surface area contributed by atoms with E-state index in [0.29, 0.717) is 60.4 Å². The molecular formula is C46H63BN12O16S2. The Labute approximate surface area is 447 Å². The lowest BCUT2D eigenvalue weighted by molar-refractivity contribution is -0.145. The molecule has 0 aliphatic carbocycles. The molecule has 2 radical (unpaired) electrons. The maximum atomic E-state index is 13.4. The zero-order chi connectivity index (χ0) is 56.5. The van der Waals surface area contributed by atoms with Gasteiger partial charge in [0.15, 0.2) is 13.7 Å². The molecule has 0 fully saturated rings. The van der Waals surface area contributed by atoms with Crippen LogP contribution in [0.3, 0.4) is 0 Å². The third-order valence-electron chi connectivity index (χ3n) is 11.6. The van der Waals surface area contributed by atoms with Crippen molar-refractivity contribution in [2.75, 3.05) is 44.8 Å². The number of primary sulfonamides is 1. The fourth-order valence-corrected chi connectivity index (χ4v) is 8.87. The third-order valence-corrected chi connectivity index (χ3v) is 13.8. The quantitative estimate of drug-likeness (QED) is 0.0153. The number of sulfonamides is 1. The number of rotatable bonds is 36. The van der Waals surface area contributed by atoms with Crippen LogP contribution in [0.15, 0.2) is 59.1 Å². The molecule has 5 amide bonds. The molecular weight excluding hydrogens is 1050 g/mol. The summed E-state index contributed by atoms with van der Waals surface area (Å²) in [6.07, 6.45) is 0.721. The minimum atomic E-state index is -4.04. The molecule has 2 aromatic carbocycles. The molecule has 1 unspecified atom stereocenters. The van der Waals surface area contributed by atoms with E-state index in [1.165, 1.54) is 24.3 Å². The number of carbonyl (C=O) groups is 7. The van der Waals surface area contributed by atoms with Crippen LogP contribution in [0.4, 0.5) is 9.93 Å². The molecule has 0 bridgehead atoms. The Morgan fingerprint density at radius 2 is 1.29 bits per heavy atom. The van der Waals surface area contributed by atoms with Gasteiger partial charge in [-0.1, -0.05) is 47.7 Å². The number of carboxylic acid groups (broad SMARTS) is 2. The van der Waals surface area contributed by atoms with Crippen molar-refractivity contribution in [1.29, 1.82) is 0 Å². The number of unbranched alkanes of at least 4 members (excludes halogenated alkanes) is 1. The van der Waals surface area contributed by atoms with E-state index in [1.807, 2.05) is 6.92 Å². The van der Waals surface area contributed by atoms with Gasteiger partial charge in [-0.05, 0) is 80.3 Å². The summed E-state index contributed by atoms with van der Waals surface area (Å²) in [7, 11) is 0.967. The summed E-state index contributed by atoms with van der Waals surface area (Å²) in [5, 5.41) is 85.1. The number of nitrogens with one attached hydrogen (secondary N) is 6. The van der Waals surface area contributed by atoms with E-state index in [-0.39, 0.29) is 81.8 Å². The fourth-order valence-electron chi connectivity index (χ4n) is 7.49. The zero-order valence-electron chi connectivity index (χ0n) is 42.0. The molecule has 2 aromatic heterocycles. The maximum Gasteiger partial charge on any atom is 0.326 e. The van der Waals surface area contributed by atoms with E-state index in [1.54, 1.807) is 35.1 Å². The van der Waals surface area contributed by atoms with Gasteiger partial charge >= 0.3 is 11.9 Å². The molecule has 4 rings (SSSR count). The van der Waals surface area contributed by atoms with Gasteiger partial charge in [0, 0.05) is 37.7 Å². The van der Waals surface area contributed by atoms with Gasteiger partial charge in [0.2, 0.25) is 33.1 Å². The number of aliphatic carboxylic acids is 2. The number of aryl methyl sites for hydroxylation is 2. The lowest BCUT2D eigenvalue weighted by Gasteiger charge is -2.31. The Morgan fingerprint density at radius 3 is 1.82 bits per heavy atom. The molecule has 4 atom stereocenters. The highest BCUT2D eigenvalue weighted by Crippen LogP contribution is 2.38. The van der Waals surface area contributed by atoms with Crippen LogP contribution in [0, 0.1) is 0 Å². The molecule has 77 heavy (non-hydrogen) atoms. The lowest BCUT2D eigenvalue weighted by Crippen LogP contribution is -2.51. The summed E-state index contributed by atoms with van der Waals surface area (Å²) in [6.45, 7) is 2.96. The number of hydrogen-bond acceptors (Lipinski definition) is 20. The number of hydrogen-bond donors (Lipinski definition) is 12. The Balaban J connectivity index is 1.30. The molecule has 0 aliphatic rings. The second-order valence-electron chi connectivity index (χ2n) is 17.6. The molecule has 13 N–H and O–H groups in total. The Bertz CT molecular complexity index is 2650. The number of carbonyl (C=O) groups excluding carboxylic acids is 5. The average molecular weight is 1120 g/mol. The van der Waals surface area contributed by atoms with E-state index in [4.69, 9.17) is 22.5 Å². The summed E-state index contributed by atoms with van der Waals surface area (Å²) >= 11 is 0.673. The lowest BCUT2D eigenvalue weighted by atomic mass is 9.73. The van der Waals surface area contributed by atoms with Crippen molar-refractivity contribution in [1.82, 2.24) is 51.8 Å². The number of nitrogens with two attached hydrogens (primary N) is 1. The minimum absolute atomic E-state index is 0.00980. The predicted octanol–water partition coefficient (Wildman–Crippen LogP) is -0.671. The van der Waals surface area contributed by atoms with Gasteiger partial charge < -0.3 is 66.9 Å². The van der Waals surface area contributed by atoms with Gasteiger partial charge in [0.05, 0.1) is 45.0 Å². The maximum absolute atomic E-state index is 13.4. The van der Waals surface area contributed by atoms with Crippen LogP contribution >= 0.6 is 11.3 Å². The van der Waals surface area contributed by atoms with Crippen molar-refractivity contribution in [3.63, 3.8) is 0 Å². The molecule has 2 heterocycles. The topological polar surface area (TPSA) is 428 Å². The number of anilines is 1. The van der Waals surface area contributed by atoms with Gasteiger partial charge in [0.1, 0.15) is 35.9 Å². The van der Waals surface area contributed by atoms with Gasteiger partial charge in [-0.15, -0.1) is 15.3 Å². The first-order valence-corrected chi connectivity index (χ1v) is 26.5. The standard InChI is InChI=1S/C46H63BN12O16S2/c1-46(28-8-12-31(60)13-9-28,29-10-14-32(61)15-11-29)17-16-37(63)52-34(41(67)68)25-39(65)53-35(42(69)70)26-38(64)51-33(40(66)49-18-21-74-23-24-75-22-19-50-43(47)71)6-2-3-20-59-27-30(55-58-59)5-4-7-36(62)54-44-56-57-45(76-44)77(48,72)73/h8-15,27,33-36,60-62H,2-7,16-26H2,1H3,(H,49,66)(H,50,71)(H,51,64)(H,52,63)(H,53,65)(H,54,56)(H,67,68)(H,69,70)(H2,48,72,73)/t33-,34-,35-,36?/m0/s1. The van der Waals surface area contributed by atoms with Crippen molar-refractivity contribution in [3.05, 3.63) is 71.5 Å². The minimum Gasteiger partial charge on any atom is -0.508 e. The van der Waals surface area contributed by atoms with Crippen molar-refractivity contribution in [3.8, 4) is 11.5 Å². The van der Waals surface area contributed by atoms with Gasteiger partial charge in [-0.3, -0.25) is 28.7 Å². The van der Waals surface area contributed by atoms with Gasteiger partial charge in [-0.25, -0.2) is 23.1 Å². The smallest absolute Gasteiger partial charge is 0.326 e. The summed E-state index contributed by atoms with van der Waals surface area (Å²) in [6, 6.07) is 7.67. The summed E-state index contributed by atoms with van der Waals surface area (Å²) < 4.78 is 34.8. The van der Waals surface area contributed by atoms with E-state index in [9.17, 15) is 67.5 Å². The molecule has 0 saturated heterocycles. The van der Waals surface area contributed by atoms with Crippen LogP contribution in [-0.2, 0) is 66.6 Å². The van der Waals surface area contributed by atoms with Gasteiger partial charge in [-0.2, -0.15) is 0 Å². The summed E-state index contributed by atoms with van der Waals surface area (Å²) in [5.41, 5.74) is 1.15. The summed E-state index contributed by atoms with van der Waals surface area (Å²) in [5.74, 6) is -7.35. The normalized spacial score (nSPS) is 13.1. The van der Waals surface area contributed by atoms with Crippen LogP contribution in [0.2, 0.25) is 0 Å². The molecule has 4 aromatic rings. The van der Waals surface area contributed by atoms with Crippen molar-refractivity contribution < 1.29 is 77.0 Å². The first-order chi connectivity index (χ1) is 36.5. The number of phenols is 2. The zero-order valence-corrected chi connectivity index (χ0v) is 43.6. The number of nitrogens with zero attached hydrogens (tertiary/aromatic N) is 5. The van der Waals surface area contributed by atoms with Crippen LogP contribution in [0.25, 0.3) is 0 Å². The highest BCUT2D eigenvalue weighted by Gasteiger charge is 2.33. The van der Waals surface area contributed by atoms with Crippen molar-refractivity contribution >= 4 is 75.7 Å². The van der Waals surface area contributed by atoms with E-state index in [2.05, 4.69) is 52.4 Å². The molecule has 0 aliphatic heterocycles. The molecule has 31 heteroatoms. The second-order valence-corrected chi connectivity index (χ2v) is 20.3. The Morgan fingerprint density at radius 1 is 0.740 bits per heavy atom.